The zero-order valence-electron chi connectivity index (χ0n) is 23.1. The number of para-hydroxylation sites is 1. The van der Waals surface area contributed by atoms with Gasteiger partial charge in [0, 0.05) is 29.7 Å². The van der Waals surface area contributed by atoms with Crippen LogP contribution >= 0.6 is 0 Å². The van der Waals surface area contributed by atoms with Crippen LogP contribution in [-0.4, -0.2) is 17.8 Å². The maximum atomic E-state index is 4.15. The van der Waals surface area contributed by atoms with Gasteiger partial charge in [-0.2, -0.15) is 0 Å². The number of benzene rings is 6. The van der Waals surface area contributed by atoms with E-state index in [0.717, 1.165) is 5.70 Å². The Morgan fingerprint density at radius 1 is 0.537 bits per heavy atom. The smallest absolute Gasteiger partial charge is 0.0538 e. The summed E-state index contributed by atoms with van der Waals surface area (Å²) in [5.74, 6) is 0. The molecule has 8 rings (SSSR count). The molecule has 1 aliphatic rings. The van der Waals surface area contributed by atoms with Crippen LogP contribution in [0.3, 0.4) is 0 Å². The van der Waals surface area contributed by atoms with Crippen molar-refractivity contribution in [2.45, 2.75) is 6.92 Å². The molecule has 0 bridgehead atoms. The fourth-order valence-corrected chi connectivity index (χ4v) is 6.69. The third-order valence-electron chi connectivity index (χ3n) is 8.57. The standard InChI is InChI=1S/C39H28N2/c1-25(22-23-40-2)41-37-13-6-5-10-32(37)36-24-28(18-21-38(36)41)26-14-16-27(17-15-26)29-19-20-35-31-9-4-3-8-30(31)34-12-7-11-33(29)39(34)35/h3-24H,1-2H3/b25-22+,40-23-. The van der Waals surface area contributed by atoms with Crippen molar-refractivity contribution >= 4 is 44.5 Å². The second-order valence-electron chi connectivity index (χ2n) is 10.8. The summed E-state index contributed by atoms with van der Waals surface area (Å²) in [6, 6.07) is 44.6. The minimum absolute atomic E-state index is 1.15. The van der Waals surface area contributed by atoms with E-state index in [0.29, 0.717) is 0 Å². The summed E-state index contributed by atoms with van der Waals surface area (Å²) in [6.45, 7) is 2.14. The molecule has 1 aliphatic carbocycles. The summed E-state index contributed by atoms with van der Waals surface area (Å²) in [5.41, 5.74) is 13.9. The van der Waals surface area contributed by atoms with Crippen molar-refractivity contribution in [3.05, 3.63) is 127 Å². The van der Waals surface area contributed by atoms with Gasteiger partial charge in [0.1, 0.15) is 0 Å². The van der Waals surface area contributed by atoms with Gasteiger partial charge in [-0.05, 0) is 86.5 Å². The molecule has 0 fully saturated rings. The van der Waals surface area contributed by atoms with Crippen molar-refractivity contribution < 1.29 is 0 Å². The van der Waals surface area contributed by atoms with Gasteiger partial charge < -0.3 is 4.57 Å². The summed E-state index contributed by atoms with van der Waals surface area (Å²) in [5, 5.41) is 5.20. The van der Waals surface area contributed by atoms with Gasteiger partial charge in [0.25, 0.3) is 0 Å². The van der Waals surface area contributed by atoms with Gasteiger partial charge in [-0.25, -0.2) is 0 Å². The molecule has 7 aromatic rings. The molecule has 0 saturated heterocycles. The lowest BCUT2D eigenvalue weighted by Gasteiger charge is -2.11. The van der Waals surface area contributed by atoms with E-state index in [4.69, 9.17) is 0 Å². The number of rotatable bonds is 4. The average Bonchev–Trinajstić information content (AvgIpc) is 3.54. The molecule has 0 radical (unpaired) electrons. The van der Waals surface area contributed by atoms with Crippen LogP contribution < -0.4 is 0 Å². The number of nitrogens with zero attached hydrogens (tertiary/aromatic N) is 2. The summed E-state index contributed by atoms with van der Waals surface area (Å²) in [7, 11) is 1.80. The molecule has 1 aromatic heterocycles. The lowest BCUT2D eigenvalue weighted by molar-refractivity contribution is 1.20. The first-order chi connectivity index (χ1) is 20.2. The van der Waals surface area contributed by atoms with E-state index in [-0.39, 0.29) is 0 Å². The number of hydrogen-bond acceptors (Lipinski definition) is 1. The average molecular weight is 525 g/mol. The highest BCUT2D eigenvalue weighted by molar-refractivity contribution is 6.18. The molecule has 41 heavy (non-hydrogen) atoms. The minimum Gasteiger partial charge on any atom is -0.313 e. The first kappa shape index (κ1) is 23.7. The molecule has 0 spiro atoms. The molecule has 194 valence electrons. The van der Waals surface area contributed by atoms with E-state index >= 15 is 0 Å². The predicted molar refractivity (Wildman–Crippen MR) is 177 cm³/mol. The Hall–Kier alpha value is -5.21. The highest BCUT2D eigenvalue weighted by Crippen LogP contribution is 2.49. The Bertz CT molecular complexity index is 2180. The second kappa shape index (κ2) is 9.18. The summed E-state index contributed by atoms with van der Waals surface area (Å²) in [4.78, 5) is 4.15. The van der Waals surface area contributed by atoms with Crippen molar-refractivity contribution in [2.24, 2.45) is 4.99 Å². The van der Waals surface area contributed by atoms with Crippen LogP contribution in [0.2, 0.25) is 0 Å². The molecule has 1 heterocycles. The highest BCUT2D eigenvalue weighted by Gasteiger charge is 2.22. The lowest BCUT2D eigenvalue weighted by atomic mass is 9.93. The Labute approximate surface area is 239 Å². The highest BCUT2D eigenvalue weighted by atomic mass is 15.0. The van der Waals surface area contributed by atoms with E-state index in [9.17, 15) is 0 Å². The van der Waals surface area contributed by atoms with Crippen molar-refractivity contribution in [1.29, 1.82) is 0 Å². The van der Waals surface area contributed by atoms with Gasteiger partial charge >= 0.3 is 0 Å². The summed E-state index contributed by atoms with van der Waals surface area (Å²) < 4.78 is 2.33. The van der Waals surface area contributed by atoms with Crippen LogP contribution in [0.15, 0.2) is 132 Å². The van der Waals surface area contributed by atoms with E-state index in [1.54, 1.807) is 7.05 Å². The van der Waals surface area contributed by atoms with Crippen molar-refractivity contribution in [2.75, 3.05) is 7.05 Å². The van der Waals surface area contributed by atoms with Gasteiger partial charge in [0.05, 0.1) is 11.0 Å². The Morgan fingerprint density at radius 3 is 1.95 bits per heavy atom. The van der Waals surface area contributed by atoms with Crippen LogP contribution in [0.25, 0.3) is 82.8 Å². The SMILES string of the molecule is C/N=C\C=C(/C)n1c2ccccc2c2cc(-c3ccc(-c4ccc5c6c(cccc46)-c4ccccc4-5)cc3)ccc21. The van der Waals surface area contributed by atoms with Crippen LogP contribution in [0, 0.1) is 0 Å². The molecule has 0 atom stereocenters. The van der Waals surface area contributed by atoms with Crippen molar-refractivity contribution in [3.8, 4) is 44.5 Å². The zero-order valence-corrected chi connectivity index (χ0v) is 23.1. The Balaban J connectivity index is 1.22. The predicted octanol–water partition coefficient (Wildman–Crippen LogP) is 10.5. The number of aliphatic imine (C=N–C) groups is 1. The molecule has 0 amide bonds. The van der Waals surface area contributed by atoms with Crippen LogP contribution in [0.1, 0.15) is 6.92 Å². The number of hydrogen-bond donors (Lipinski definition) is 0. The van der Waals surface area contributed by atoms with Crippen LogP contribution in [-0.2, 0) is 0 Å². The monoisotopic (exact) mass is 524 g/mol. The molecule has 2 heteroatoms. The van der Waals surface area contributed by atoms with Crippen molar-refractivity contribution in [3.63, 3.8) is 0 Å². The molecule has 0 unspecified atom stereocenters. The van der Waals surface area contributed by atoms with Gasteiger partial charge in [-0.1, -0.05) is 103 Å². The molecule has 0 N–H and O–H groups in total. The minimum atomic E-state index is 1.15. The van der Waals surface area contributed by atoms with Crippen molar-refractivity contribution in [1.82, 2.24) is 4.57 Å². The van der Waals surface area contributed by atoms with E-state index in [1.165, 1.54) is 77.1 Å². The first-order valence-electron chi connectivity index (χ1n) is 14.1. The lowest BCUT2D eigenvalue weighted by Crippen LogP contribution is -1.93. The molecule has 0 aliphatic heterocycles. The van der Waals surface area contributed by atoms with Crippen LogP contribution in [0.4, 0.5) is 0 Å². The van der Waals surface area contributed by atoms with Gasteiger partial charge in [0.2, 0.25) is 0 Å². The third-order valence-corrected chi connectivity index (χ3v) is 8.57. The number of aromatic nitrogens is 1. The summed E-state index contributed by atoms with van der Waals surface area (Å²) in [6.07, 6.45) is 3.92. The topological polar surface area (TPSA) is 17.3 Å². The zero-order chi connectivity index (χ0) is 27.5. The molecule has 0 saturated carbocycles. The maximum Gasteiger partial charge on any atom is 0.0538 e. The summed E-state index contributed by atoms with van der Waals surface area (Å²) >= 11 is 0. The fraction of sp³-hybridized carbons (Fsp3) is 0.0513. The van der Waals surface area contributed by atoms with Gasteiger partial charge in [-0.3, -0.25) is 4.99 Å². The van der Waals surface area contributed by atoms with Gasteiger partial charge in [0.15, 0.2) is 0 Å². The molecule has 2 nitrogen and oxygen atoms in total. The fourth-order valence-electron chi connectivity index (χ4n) is 6.69. The van der Waals surface area contributed by atoms with E-state index in [2.05, 4.69) is 144 Å². The van der Waals surface area contributed by atoms with E-state index in [1.807, 2.05) is 6.21 Å². The van der Waals surface area contributed by atoms with Gasteiger partial charge in [-0.15, -0.1) is 0 Å². The maximum absolute atomic E-state index is 4.15. The molecular weight excluding hydrogens is 496 g/mol. The Kier molecular flexibility index (Phi) is 5.30. The quantitative estimate of drug-likeness (QED) is 0.204. The third kappa shape index (κ3) is 3.54. The first-order valence-corrected chi connectivity index (χ1v) is 14.1. The van der Waals surface area contributed by atoms with Crippen LogP contribution in [0.5, 0.6) is 0 Å². The number of allylic oxidation sites excluding steroid dienone is 2. The largest absolute Gasteiger partial charge is 0.313 e. The number of fused-ring (bicyclic) bond motifs is 6. The van der Waals surface area contributed by atoms with E-state index < -0.39 is 0 Å². The second-order valence-corrected chi connectivity index (χ2v) is 10.8. The molecule has 6 aromatic carbocycles. The molecular formula is C39H28N2. The Morgan fingerprint density at radius 2 is 1.15 bits per heavy atom. The normalized spacial score (nSPS) is 12.7.